The normalized spacial score (nSPS) is 20.3. The summed E-state index contributed by atoms with van der Waals surface area (Å²) in [6, 6.07) is 8.62. The van der Waals surface area contributed by atoms with E-state index in [2.05, 4.69) is 9.10 Å². The molecule has 0 bridgehead atoms. The number of hydrogen-bond donors (Lipinski definition) is 1. The first kappa shape index (κ1) is 16.0. The molecule has 0 radical (unpaired) electrons. The monoisotopic (exact) mass is 311 g/mol. The molecule has 21 heavy (non-hydrogen) atoms. The first-order valence-electron chi connectivity index (χ1n) is 7.08. The lowest BCUT2D eigenvalue weighted by molar-refractivity contribution is 0.0262. The zero-order valence-electron chi connectivity index (χ0n) is 12.2. The standard InChI is InChI=1S/C15H21NO4S/c1-20-14(17)16-21(19,13-8-4-2-5-9-13)12-15(18)10-6-3-7-11-15/h2,4-5,8-9,18H,3,6-7,10-12H2,1H3. The van der Waals surface area contributed by atoms with Crippen LogP contribution < -0.4 is 0 Å². The smallest absolute Gasteiger partial charge is 0.441 e. The highest BCUT2D eigenvalue weighted by molar-refractivity contribution is 7.94. The van der Waals surface area contributed by atoms with Crippen LogP contribution in [0.5, 0.6) is 0 Å². The van der Waals surface area contributed by atoms with Crippen LogP contribution in [-0.4, -0.2) is 33.9 Å². The maximum Gasteiger partial charge on any atom is 0.441 e. The Labute approximate surface area is 125 Å². The molecular formula is C15H21NO4S. The van der Waals surface area contributed by atoms with Crippen LogP contribution >= 0.6 is 0 Å². The number of ether oxygens (including phenoxy) is 1. The van der Waals surface area contributed by atoms with E-state index < -0.39 is 21.4 Å². The lowest BCUT2D eigenvalue weighted by atomic mass is 9.86. The second kappa shape index (κ2) is 6.58. The summed E-state index contributed by atoms with van der Waals surface area (Å²) in [6.07, 6.45) is 3.19. The molecule has 116 valence electrons. The molecule has 1 aromatic carbocycles. The van der Waals surface area contributed by atoms with Crippen LogP contribution in [0.15, 0.2) is 39.6 Å². The van der Waals surface area contributed by atoms with E-state index >= 15 is 0 Å². The van der Waals surface area contributed by atoms with Crippen LogP contribution in [0.3, 0.4) is 0 Å². The molecule has 1 aromatic rings. The van der Waals surface area contributed by atoms with Crippen LogP contribution in [0, 0.1) is 0 Å². The fourth-order valence-corrected chi connectivity index (χ4v) is 4.93. The van der Waals surface area contributed by atoms with E-state index in [4.69, 9.17) is 0 Å². The molecule has 2 rings (SSSR count). The predicted molar refractivity (Wildman–Crippen MR) is 80.6 cm³/mol. The zero-order valence-corrected chi connectivity index (χ0v) is 13.0. The third kappa shape index (κ3) is 4.04. The van der Waals surface area contributed by atoms with Crippen molar-refractivity contribution < 1.29 is 18.8 Å². The van der Waals surface area contributed by atoms with Crippen molar-refractivity contribution in [1.82, 2.24) is 0 Å². The Morgan fingerprint density at radius 2 is 1.90 bits per heavy atom. The topological polar surface area (TPSA) is 76.0 Å². The van der Waals surface area contributed by atoms with Gasteiger partial charge in [-0.05, 0) is 25.0 Å². The summed E-state index contributed by atoms with van der Waals surface area (Å²) in [5.74, 6) is -0.0287. The minimum Gasteiger partial charge on any atom is -0.451 e. The van der Waals surface area contributed by atoms with Gasteiger partial charge in [-0.2, -0.15) is 0 Å². The number of amides is 1. The quantitative estimate of drug-likeness (QED) is 0.931. The third-order valence-electron chi connectivity index (χ3n) is 3.76. The van der Waals surface area contributed by atoms with E-state index in [-0.39, 0.29) is 5.75 Å². The maximum absolute atomic E-state index is 13.2. The highest BCUT2D eigenvalue weighted by atomic mass is 32.2. The van der Waals surface area contributed by atoms with Gasteiger partial charge in [-0.1, -0.05) is 37.5 Å². The van der Waals surface area contributed by atoms with E-state index in [0.717, 1.165) is 19.3 Å². The summed E-state index contributed by atoms with van der Waals surface area (Å²) in [4.78, 5) is 12.0. The van der Waals surface area contributed by atoms with Crippen LogP contribution in [-0.2, 0) is 14.5 Å². The van der Waals surface area contributed by atoms with E-state index in [0.29, 0.717) is 17.7 Å². The SMILES string of the molecule is COC(=O)N=S(=O)(CC1(O)CCCCC1)c1ccccc1. The summed E-state index contributed by atoms with van der Waals surface area (Å²) < 4.78 is 21.5. The van der Waals surface area contributed by atoms with Crippen molar-refractivity contribution in [2.24, 2.45) is 4.36 Å². The summed E-state index contributed by atoms with van der Waals surface area (Å²) in [5, 5.41) is 10.7. The zero-order chi connectivity index (χ0) is 15.3. The van der Waals surface area contributed by atoms with Gasteiger partial charge in [-0.15, -0.1) is 4.36 Å². The molecule has 1 fully saturated rings. The van der Waals surface area contributed by atoms with Crippen LogP contribution in [0.25, 0.3) is 0 Å². The molecule has 1 unspecified atom stereocenters. The number of carbonyl (C=O) groups is 1. The number of carbonyl (C=O) groups excluding carboxylic acids is 1. The molecule has 1 N–H and O–H groups in total. The van der Waals surface area contributed by atoms with Gasteiger partial charge < -0.3 is 9.84 Å². The molecule has 0 heterocycles. The molecule has 6 heteroatoms. The van der Waals surface area contributed by atoms with Gasteiger partial charge in [0.25, 0.3) is 0 Å². The summed E-state index contributed by atoms with van der Waals surface area (Å²) in [6.45, 7) is 0. The van der Waals surface area contributed by atoms with Crippen molar-refractivity contribution in [2.75, 3.05) is 12.9 Å². The van der Waals surface area contributed by atoms with E-state index in [1.165, 1.54) is 7.11 Å². The highest BCUT2D eigenvalue weighted by Gasteiger charge is 2.34. The van der Waals surface area contributed by atoms with Gasteiger partial charge in [-0.3, -0.25) is 0 Å². The number of hydrogen-bond acceptors (Lipinski definition) is 4. The average molecular weight is 311 g/mol. The van der Waals surface area contributed by atoms with Gasteiger partial charge in [0.15, 0.2) is 0 Å². The molecule has 0 aliphatic heterocycles. The number of aliphatic hydroxyl groups is 1. The molecule has 0 spiro atoms. The molecule has 5 nitrogen and oxygen atoms in total. The molecule has 1 aliphatic rings. The largest absolute Gasteiger partial charge is 0.451 e. The Hall–Kier alpha value is -1.40. The van der Waals surface area contributed by atoms with Gasteiger partial charge in [-0.25, -0.2) is 9.00 Å². The van der Waals surface area contributed by atoms with Crippen molar-refractivity contribution >= 4 is 15.8 Å². The minimum atomic E-state index is -3.04. The van der Waals surface area contributed by atoms with Gasteiger partial charge in [0, 0.05) is 4.90 Å². The van der Waals surface area contributed by atoms with E-state index in [1.54, 1.807) is 30.3 Å². The average Bonchev–Trinajstić information content (AvgIpc) is 2.48. The van der Waals surface area contributed by atoms with E-state index in [9.17, 15) is 14.1 Å². The van der Waals surface area contributed by atoms with Crippen molar-refractivity contribution in [3.05, 3.63) is 30.3 Å². The Kier molecular flexibility index (Phi) is 5.00. The summed E-state index contributed by atoms with van der Waals surface area (Å²) in [7, 11) is -1.84. The maximum atomic E-state index is 13.2. The van der Waals surface area contributed by atoms with Crippen LogP contribution in [0.2, 0.25) is 0 Å². The van der Waals surface area contributed by atoms with Gasteiger partial charge in [0.1, 0.15) is 0 Å². The minimum absolute atomic E-state index is 0.0287. The second-order valence-corrected chi connectivity index (χ2v) is 7.67. The Morgan fingerprint density at radius 3 is 2.48 bits per heavy atom. The third-order valence-corrected chi connectivity index (χ3v) is 6.14. The fourth-order valence-electron chi connectivity index (χ4n) is 2.68. The highest BCUT2D eigenvalue weighted by Crippen LogP contribution is 2.31. The first-order chi connectivity index (χ1) is 9.97. The molecule has 1 aliphatic carbocycles. The number of rotatable bonds is 3. The van der Waals surface area contributed by atoms with Gasteiger partial charge in [0.2, 0.25) is 0 Å². The van der Waals surface area contributed by atoms with Crippen molar-refractivity contribution in [3.63, 3.8) is 0 Å². The summed E-state index contributed by atoms with van der Waals surface area (Å²) in [5.41, 5.74) is -1.03. The molecule has 1 amide bonds. The number of benzene rings is 1. The van der Waals surface area contributed by atoms with Crippen LogP contribution in [0.4, 0.5) is 4.79 Å². The lowest BCUT2D eigenvalue weighted by Gasteiger charge is -2.32. The first-order valence-corrected chi connectivity index (χ1v) is 8.76. The molecule has 0 saturated heterocycles. The van der Waals surface area contributed by atoms with Crippen molar-refractivity contribution in [3.8, 4) is 0 Å². The number of methoxy groups -OCH3 is 1. The van der Waals surface area contributed by atoms with Crippen molar-refractivity contribution in [1.29, 1.82) is 0 Å². The van der Waals surface area contributed by atoms with Crippen molar-refractivity contribution in [2.45, 2.75) is 42.6 Å². The molecule has 0 aromatic heterocycles. The Bertz CT molecular complexity index is 599. The van der Waals surface area contributed by atoms with E-state index in [1.807, 2.05) is 0 Å². The number of nitrogens with zero attached hydrogens (tertiary/aromatic N) is 1. The predicted octanol–water partition coefficient (Wildman–Crippen LogP) is 2.98. The molecule has 1 atom stereocenters. The second-order valence-electron chi connectivity index (χ2n) is 5.44. The molecular weight excluding hydrogens is 290 g/mol. The van der Waals surface area contributed by atoms with Gasteiger partial charge in [0.05, 0.1) is 28.2 Å². The van der Waals surface area contributed by atoms with Crippen LogP contribution in [0.1, 0.15) is 32.1 Å². The fraction of sp³-hybridized carbons (Fsp3) is 0.533. The molecule has 1 saturated carbocycles. The summed E-state index contributed by atoms with van der Waals surface area (Å²) >= 11 is 0. The Balaban J connectivity index is 2.40. The Morgan fingerprint density at radius 1 is 1.29 bits per heavy atom. The lowest BCUT2D eigenvalue weighted by Crippen LogP contribution is -2.39. The van der Waals surface area contributed by atoms with Gasteiger partial charge >= 0.3 is 6.09 Å².